The van der Waals surface area contributed by atoms with E-state index in [9.17, 15) is 13.6 Å². The lowest BCUT2D eigenvalue weighted by Crippen LogP contribution is -2.54. The van der Waals surface area contributed by atoms with Gasteiger partial charge in [0.2, 0.25) is 0 Å². The second-order valence-electron chi connectivity index (χ2n) is 5.22. The van der Waals surface area contributed by atoms with E-state index in [1.165, 1.54) is 12.1 Å². The van der Waals surface area contributed by atoms with E-state index >= 15 is 0 Å². The Kier molecular flexibility index (Phi) is 4.88. The Morgan fingerprint density at radius 3 is 2.75 bits per heavy atom. The molecule has 0 N–H and O–H groups in total. The second kappa shape index (κ2) is 6.28. The van der Waals surface area contributed by atoms with Gasteiger partial charge in [-0.15, -0.1) is 0 Å². The summed E-state index contributed by atoms with van der Waals surface area (Å²) in [4.78, 5) is 16.3. The molecule has 1 fully saturated rings. The van der Waals surface area contributed by atoms with Crippen molar-refractivity contribution in [2.45, 2.75) is 12.5 Å². The minimum atomic E-state index is -0.690. The Labute approximate surface area is 125 Å². The fraction of sp³-hybridized carbons (Fsp3) is 0.500. The smallest absolute Gasteiger partial charge is 0.155 e. The van der Waals surface area contributed by atoms with Gasteiger partial charge in [0, 0.05) is 31.6 Å². The standard InChI is InChI=1S/C14H17BrF2N2O/c1-18-5-6-19(2)12(8-18)13(20)7-9-11(16)4-3-10(15)14(9)17/h3-4,12H,5-8H2,1-2H3. The van der Waals surface area contributed by atoms with E-state index in [4.69, 9.17) is 0 Å². The number of carbonyl (C=O) groups excluding carboxylic acids is 1. The molecule has 20 heavy (non-hydrogen) atoms. The molecule has 0 bridgehead atoms. The molecule has 1 aromatic rings. The van der Waals surface area contributed by atoms with E-state index in [0.29, 0.717) is 6.54 Å². The van der Waals surface area contributed by atoms with Crippen LogP contribution in [0.2, 0.25) is 0 Å². The van der Waals surface area contributed by atoms with Crippen LogP contribution in [-0.2, 0) is 11.2 Å². The van der Waals surface area contributed by atoms with Crippen molar-refractivity contribution in [3.63, 3.8) is 0 Å². The summed E-state index contributed by atoms with van der Waals surface area (Å²) in [5.74, 6) is -1.52. The summed E-state index contributed by atoms with van der Waals surface area (Å²) < 4.78 is 27.8. The van der Waals surface area contributed by atoms with E-state index in [-0.39, 0.29) is 28.3 Å². The quantitative estimate of drug-likeness (QED) is 0.783. The van der Waals surface area contributed by atoms with Crippen LogP contribution in [0.5, 0.6) is 0 Å². The molecule has 1 atom stereocenters. The monoisotopic (exact) mass is 346 g/mol. The number of hydrogen-bond acceptors (Lipinski definition) is 3. The Morgan fingerprint density at radius 2 is 2.05 bits per heavy atom. The molecule has 1 aliphatic rings. The van der Waals surface area contributed by atoms with Crippen LogP contribution in [0.25, 0.3) is 0 Å². The van der Waals surface area contributed by atoms with E-state index < -0.39 is 11.6 Å². The van der Waals surface area contributed by atoms with Crippen molar-refractivity contribution in [3.8, 4) is 0 Å². The van der Waals surface area contributed by atoms with Crippen molar-refractivity contribution in [2.75, 3.05) is 33.7 Å². The number of halogens is 3. The van der Waals surface area contributed by atoms with Crippen LogP contribution in [0.1, 0.15) is 5.56 Å². The molecule has 1 saturated heterocycles. The molecule has 0 spiro atoms. The highest BCUT2D eigenvalue weighted by Gasteiger charge is 2.29. The Hall–Kier alpha value is -0.850. The van der Waals surface area contributed by atoms with E-state index in [1.807, 2.05) is 19.0 Å². The lowest BCUT2D eigenvalue weighted by atomic mass is 10.00. The van der Waals surface area contributed by atoms with Gasteiger partial charge in [-0.2, -0.15) is 0 Å². The highest BCUT2D eigenvalue weighted by atomic mass is 79.9. The average molecular weight is 347 g/mol. The maximum absolute atomic E-state index is 13.9. The normalized spacial score (nSPS) is 21.1. The zero-order valence-electron chi connectivity index (χ0n) is 11.5. The van der Waals surface area contributed by atoms with E-state index in [2.05, 4.69) is 20.8 Å². The minimum absolute atomic E-state index is 0.157. The van der Waals surface area contributed by atoms with Crippen LogP contribution in [0.3, 0.4) is 0 Å². The molecule has 1 aromatic carbocycles. The van der Waals surface area contributed by atoms with Gasteiger partial charge in [0.25, 0.3) is 0 Å². The SMILES string of the molecule is CN1CCN(C)C(C(=O)Cc2c(F)ccc(Br)c2F)C1. The molecule has 0 saturated carbocycles. The molecule has 1 unspecified atom stereocenters. The lowest BCUT2D eigenvalue weighted by Gasteiger charge is -2.36. The summed E-state index contributed by atoms with van der Waals surface area (Å²) in [5, 5.41) is 0. The fourth-order valence-electron chi connectivity index (χ4n) is 2.38. The van der Waals surface area contributed by atoms with E-state index in [0.717, 1.165) is 13.1 Å². The van der Waals surface area contributed by atoms with Crippen LogP contribution < -0.4 is 0 Å². The van der Waals surface area contributed by atoms with Crippen LogP contribution in [0.4, 0.5) is 8.78 Å². The number of Topliss-reactive ketones (excluding diaryl/α,β-unsaturated/α-hetero) is 1. The average Bonchev–Trinajstić information content (AvgIpc) is 2.41. The molecular weight excluding hydrogens is 330 g/mol. The molecule has 2 rings (SSSR count). The maximum Gasteiger partial charge on any atom is 0.155 e. The molecule has 110 valence electrons. The third-order valence-electron chi connectivity index (χ3n) is 3.71. The van der Waals surface area contributed by atoms with Gasteiger partial charge in [-0.25, -0.2) is 8.78 Å². The molecule has 0 aromatic heterocycles. The Bertz CT molecular complexity index is 524. The van der Waals surface area contributed by atoms with Crippen LogP contribution in [0.15, 0.2) is 16.6 Å². The number of hydrogen-bond donors (Lipinski definition) is 0. The molecule has 1 heterocycles. The summed E-state index contributed by atoms with van der Waals surface area (Å²) in [5.41, 5.74) is -0.161. The summed E-state index contributed by atoms with van der Waals surface area (Å²) in [6, 6.07) is 2.16. The summed E-state index contributed by atoms with van der Waals surface area (Å²) in [6.07, 6.45) is -0.222. The largest absolute Gasteiger partial charge is 0.303 e. The predicted molar refractivity (Wildman–Crippen MR) is 76.7 cm³/mol. The highest BCUT2D eigenvalue weighted by Crippen LogP contribution is 2.23. The van der Waals surface area contributed by atoms with Crippen molar-refractivity contribution in [1.82, 2.24) is 9.80 Å². The van der Waals surface area contributed by atoms with Gasteiger partial charge in [-0.1, -0.05) is 0 Å². The number of piperazine rings is 1. The Balaban J connectivity index is 2.17. The molecule has 0 radical (unpaired) electrons. The van der Waals surface area contributed by atoms with Gasteiger partial charge < -0.3 is 4.90 Å². The van der Waals surface area contributed by atoms with Crippen molar-refractivity contribution in [2.24, 2.45) is 0 Å². The van der Waals surface area contributed by atoms with Gasteiger partial charge in [-0.05, 0) is 42.2 Å². The lowest BCUT2D eigenvalue weighted by molar-refractivity contribution is -0.125. The topological polar surface area (TPSA) is 23.6 Å². The van der Waals surface area contributed by atoms with Crippen LogP contribution >= 0.6 is 15.9 Å². The molecule has 6 heteroatoms. The number of rotatable bonds is 3. The van der Waals surface area contributed by atoms with Crippen LogP contribution in [-0.4, -0.2) is 55.4 Å². The Morgan fingerprint density at radius 1 is 1.35 bits per heavy atom. The first-order chi connectivity index (χ1) is 9.40. The maximum atomic E-state index is 13.9. The number of likely N-dealkylation sites (N-methyl/N-ethyl adjacent to an activating group) is 2. The number of carbonyl (C=O) groups is 1. The third-order valence-corrected chi connectivity index (χ3v) is 4.33. The summed E-state index contributed by atoms with van der Waals surface area (Å²) in [6.45, 7) is 2.25. The van der Waals surface area contributed by atoms with Gasteiger partial charge >= 0.3 is 0 Å². The third kappa shape index (κ3) is 3.24. The minimum Gasteiger partial charge on any atom is -0.303 e. The summed E-state index contributed by atoms with van der Waals surface area (Å²) in [7, 11) is 3.80. The van der Waals surface area contributed by atoms with Gasteiger partial charge in [-0.3, -0.25) is 9.69 Å². The number of nitrogens with zero attached hydrogens (tertiary/aromatic N) is 2. The van der Waals surface area contributed by atoms with Crippen molar-refractivity contribution in [3.05, 3.63) is 33.8 Å². The fourth-order valence-corrected chi connectivity index (χ4v) is 2.75. The zero-order chi connectivity index (χ0) is 14.9. The molecule has 0 amide bonds. The van der Waals surface area contributed by atoms with Crippen molar-refractivity contribution >= 4 is 21.7 Å². The second-order valence-corrected chi connectivity index (χ2v) is 6.08. The zero-order valence-corrected chi connectivity index (χ0v) is 13.1. The van der Waals surface area contributed by atoms with Crippen LogP contribution in [0, 0.1) is 11.6 Å². The van der Waals surface area contributed by atoms with E-state index in [1.54, 1.807) is 0 Å². The highest BCUT2D eigenvalue weighted by molar-refractivity contribution is 9.10. The first kappa shape index (κ1) is 15.5. The number of ketones is 1. The van der Waals surface area contributed by atoms with Crippen molar-refractivity contribution < 1.29 is 13.6 Å². The molecule has 1 aliphatic heterocycles. The molecule has 3 nitrogen and oxygen atoms in total. The van der Waals surface area contributed by atoms with Gasteiger partial charge in [0.15, 0.2) is 5.78 Å². The first-order valence-electron chi connectivity index (χ1n) is 6.44. The first-order valence-corrected chi connectivity index (χ1v) is 7.23. The predicted octanol–water partition coefficient (Wildman–Crippen LogP) is 2.08. The van der Waals surface area contributed by atoms with Gasteiger partial charge in [0.05, 0.1) is 10.5 Å². The summed E-state index contributed by atoms with van der Waals surface area (Å²) >= 11 is 3.02. The molecular formula is C14H17BrF2N2O. The van der Waals surface area contributed by atoms with Crippen molar-refractivity contribution in [1.29, 1.82) is 0 Å². The van der Waals surface area contributed by atoms with Gasteiger partial charge in [0.1, 0.15) is 11.6 Å². The number of benzene rings is 1. The molecule has 0 aliphatic carbocycles.